The molecule has 0 bridgehead atoms. The Balaban J connectivity index is 1.42. The van der Waals surface area contributed by atoms with Gasteiger partial charge in [0.25, 0.3) is 0 Å². The molecule has 1 fully saturated rings. The lowest BCUT2D eigenvalue weighted by Gasteiger charge is -2.45. The smallest absolute Gasteiger partial charge is 0.451 e. The molecule has 0 radical (unpaired) electrons. The molecule has 1 atom stereocenters. The van der Waals surface area contributed by atoms with E-state index in [-0.39, 0.29) is 18.3 Å². The third kappa shape index (κ3) is 6.70. The Kier molecular flexibility index (Phi) is 8.56. The van der Waals surface area contributed by atoms with Gasteiger partial charge in [-0.3, -0.25) is 4.79 Å². The van der Waals surface area contributed by atoms with Crippen molar-refractivity contribution >= 4 is 24.7 Å². The molecule has 0 unspecified atom stereocenters. The van der Waals surface area contributed by atoms with E-state index in [1.807, 2.05) is 36.4 Å². The fraction of sp³-hybridized carbons (Fsp3) is 0.435. The molecule has 1 saturated carbocycles. The van der Waals surface area contributed by atoms with Crippen molar-refractivity contribution in [1.29, 1.82) is 0 Å². The second kappa shape index (κ2) is 11.2. The summed E-state index contributed by atoms with van der Waals surface area (Å²) in [7, 11) is -1.36. The largest absolute Gasteiger partial charge is 0.480 e. The van der Waals surface area contributed by atoms with Crippen LogP contribution in [0.2, 0.25) is 11.3 Å². The predicted molar refractivity (Wildman–Crippen MR) is 125 cm³/mol. The average Bonchev–Trinajstić information content (AvgIpc) is 2.72. The zero-order valence-electron chi connectivity index (χ0n) is 17.9. The van der Waals surface area contributed by atoms with Gasteiger partial charge in [0.15, 0.2) is 0 Å². The summed E-state index contributed by atoms with van der Waals surface area (Å²) < 4.78 is 5.80. The van der Waals surface area contributed by atoms with Gasteiger partial charge >= 0.3 is 13.1 Å². The molecule has 1 aliphatic carbocycles. The maximum Gasteiger partial charge on any atom is 0.451 e. The van der Waals surface area contributed by atoms with Gasteiger partial charge in [-0.15, -0.1) is 0 Å². The zero-order chi connectivity index (χ0) is 23.1. The van der Waals surface area contributed by atoms with Crippen LogP contribution in [0.4, 0.5) is 0 Å². The molecule has 0 heterocycles. The van der Waals surface area contributed by atoms with Gasteiger partial charge in [-0.25, -0.2) is 0 Å². The topological polar surface area (TPSA) is 125 Å². The molecule has 172 valence electrons. The van der Waals surface area contributed by atoms with E-state index in [4.69, 9.17) is 32.1 Å². The highest BCUT2D eigenvalue weighted by molar-refractivity contribution is 6.40. The number of hydrogen-bond donors (Lipinski definition) is 5. The van der Waals surface area contributed by atoms with E-state index in [1.54, 1.807) is 12.1 Å². The first-order valence-electron chi connectivity index (χ1n) is 10.9. The number of nitrogens with one attached hydrogen (secondary N) is 1. The predicted octanol–water partition coefficient (Wildman–Crippen LogP) is 3.43. The van der Waals surface area contributed by atoms with Crippen LogP contribution >= 0.6 is 11.6 Å². The minimum atomic E-state index is -1.36. The molecule has 0 aromatic heterocycles. The van der Waals surface area contributed by atoms with E-state index >= 15 is 0 Å². The summed E-state index contributed by atoms with van der Waals surface area (Å²) in [6.45, 7) is 0.678. The number of carboxylic acids is 1. The molecule has 0 spiro atoms. The molecule has 0 amide bonds. The van der Waals surface area contributed by atoms with Gasteiger partial charge in [0.2, 0.25) is 0 Å². The van der Waals surface area contributed by atoms with Crippen LogP contribution < -0.4 is 15.8 Å². The summed E-state index contributed by atoms with van der Waals surface area (Å²) in [6.07, 6.45) is 3.08. The molecule has 1 aliphatic rings. The average molecular weight is 461 g/mol. The first kappa shape index (κ1) is 24.5. The third-order valence-electron chi connectivity index (χ3n) is 6.14. The third-order valence-corrected chi connectivity index (χ3v) is 6.39. The van der Waals surface area contributed by atoms with Gasteiger partial charge < -0.3 is 30.9 Å². The van der Waals surface area contributed by atoms with Crippen molar-refractivity contribution in [1.82, 2.24) is 5.32 Å². The Morgan fingerprint density at radius 3 is 2.25 bits per heavy atom. The van der Waals surface area contributed by atoms with Crippen LogP contribution in [0.25, 0.3) is 0 Å². The van der Waals surface area contributed by atoms with Crippen LogP contribution in [0, 0.1) is 5.92 Å². The quantitative estimate of drug-likeness (QED) is 0.243. The fourth-order valence-corrected chi connectivity index (χ4v) is 4.14. The summed E-state index contributed by atoms with van der Waals surface area (Å²) in [5.41, 5.74) is 6.09. The molecule has 0 saturated heterocycles. The Morgan fingerprint density at radius 1 is 1.09 bits per heavy atom. The van der Waals surface area contributed by atoms with E-state index in [2.05, 4.69) is 5.32 Å². The van der Waals surface area contributed by atoms with Crippen molar-refractivity contribution in [2.75, 3.05) is 0 Å². The molecule has 2 aromatic rings. The summed E-state index contributed by atoms with van der Waals surface area (Å²) in [5.74, 6) is 0.383. The lowest BCUT2D eigenvalue weighted by Crippen LogP contribution is -2.61. The van der Waals surface area contributed by atoms with Crippen molar-refractivity contribution in [3.8, 4) is 11.5 Å². The summed E-state index contributed by atoms with van der Waals surface area (Å²) in [4.78, 5) is 11.8. The monoisotopic (exact) mass is 460 g/mol. The van der Waals surface area contributed by atoms with Gasteiger partial charge in [-0.1, -0.05) is 36.6 Å². The standard InChI is InChI=1S/C23H30BClN2O5/c25-18-5-9-21(10-6-18)32-20-7-3-16(4-8-20)15-27-19-13-17(14-19)23(26,22(28)29)11-1-2-12-24(30)31/h3-10,17,19,27,30-31H,1-2,11-15,26H2,(H,28,29)/t17?,19?,23-/m0/s1. The number of benzene rings is 2. The minimum Gasteiger partial charge on any atom is -0.480 e. The first-order valence-corrected chi connectivity index (χ1v) is 11.3. The molecule has 9 heteroatoms. The number of carbonyl (C=O) groups is 1. The lowest BCUT2D eigenvalue weighted by atomic mass is 9.66. The highest BCUT2D eigenvalue weighted by Crippen LogP contribution is 2.38. The number of hydrogen-bond acceptors (Lipinski definition) is 6. The molecule has 0 aliphatic heterocycles. The van der Waals surface area contributed by atoms with E-state index in [0.717, 1.165) is 17.1 Å². The molecular weight excluding hydrogens is 431 g/mol. The van der Waals surface area contributed by atoms with Crippen LogP contribution in [-0.2, 0) is 11.3 Å². The van der Waals surface area contributed by atoms with Crippen LogP contribution in [0.3, 0.4) is 0 Å². The molecule has 3 rings (SSSR count). The highest BCUT2D eigenvalue weighted by atomic mass is 35.5. The SMILES string of the molecule is N[C@](CCCCB(O)O)(C(=O)O)C1CC(NCc2ccc(Oc3ccc(Cl)cc3)cc2)C1. The number of carboxylic acid groups (broad SMARTS) is 1. The van der Waals surface area contributed by atoms with Crippen LogP contribution in [0.5, 0.6) is 11.5 Å². The number of ether oxygens (including phenoxy) is 1. The van der Waals surface area contributed by atoms with Gasteiger partial charge in [-0.05, 0) is 73.5 Å². The fourth-order valence-electron chi connectivity index (χ4n) is 4.01. The highest BCUT2D eigenvalue weighted by Gasteiger charge is 2.48. The Hall–Kier alpha value is -2.10. The molecule has 32 heavy (non-hydrogen) atoms. The Bertz CT molecular complexity index is 875. The first-order chi connectivity index (χ1) is 15.3. The zero-order valence-corrected chi connectivity index (χ0v) is 18.7. The second-order valence-corrected chi connectivity index (χ2v) is 8.95. The number of aliphatic carboxylic acids is 1. The van der Waals surface area contributed by atoms with Gasteiger partial charge in [0, 0.05) is 17.6 Å². The van der Waals surface area contributed by atoms with E-state index in [0.29, 0.717) is 43.7 Å². The normalized spacial score (nSPS) is 19.6. The van der Waals surface area contributed by atoms with Gasteiger partial charge in [-0.2, -0.15) is 0 Å². The molecule has 7 nitrogen and oxygen atoms in total. The van der Waals surface area contributed by atoms with E-state index in [1.165, 1.54) is 0 Å². The van der Waals surface area contributed by atoms with Gasteiger partial charge in [0.1, 0.15) is 17.0 Å². The van der Waals surface area contributed by atoms with Crippen LogP contribution in [0.1, 0.15) is 37.7 Å². The van der Waals surface area contributed by atoms with Gasteiger partial charge in [0.05, 0.1) is 0 Å². The maximum atomic E-state index is 11.8. The summed E-state index contributed by atoms with van der Waals surface area (Å²) in [5, 5.41) is 31.6. The molecular formula is C23H30BClN2O5. The molecule has 2 aromatic carbocycles. The van der Waals surface area contributed by atoms with Crippen molar-refractivity contribution in [2.24, 2.45) is 11.7 Å². The van der Waals surface area contributed by atoms with Crippen LogP contribution in [0.15, 0.2) is 48.5 Å². The van der Waals surface area contributed by atoms with Crippen molar-refractivity contribution in [2.45, 2.75) is 56.5 Å². The number of unbranched alkanes of at least 4 members (excludes halogenated alkanes) is 1. The Labute approximate surface area is 193 Å². The summed E-state index contributed by atoms with van der Waals surface area (Å²) in [6, 6.07) is 15.2. The minimum absolute atomic E-state index is 0.0910. The van der Waals surface area contributed by atoms with Crippen molar-refractivity contribution in [3.63, 3.8) is 0 Å². The van der Waals surface area contributed by atoms with Crippen LogP contribution in [-0.4, -0.2) is 39.8 Å². The van der Waals surface area contributed by atoms with Crippen molar-refractivity contribution in [3.05, 3.63) is 59.1 Å². The lowest BCUT2D eigenvalue weighted by molar-refractivity contribution is -0.148. The van der Waals surface area contributed by atoms with Crippen molar-refractivity contribution < 1.29 is 24.7 Å². The molecule has 6 N–H and O–H groups in total. The second-order valence-electron chi connectivity index (χ2n) is 8.52. The number of nitrogens with two attached hydrogens (primary N) is 1. The summed E-state index contributed by atoms with van der Waals surface area (Å²) >= 11 is 5.89. The maximum absolute atomic E-state index is 11.8. The van der Waals surface area contributed by atoms with E-state index in [9.17, 15) is 9.90 Å². The van der Waals surface area contributed by atoms with E-state index < -0.39 is 18.6 Å². The number of rotatable bonds is 12. The Morgan fingerprint density at radius 2 is 1.69 bits per heavy atom. The number of halogens is 1.